The van der Waals surface area contributed by atoms with Crippen molar-refractivity contribution in [1.82, 2.24) is 14.9 Å². The number of carbonyl (C=O) groups is 2. The molecule has 1 aromatic heterocycles. The van der Waals surface area contributed by atoms with Crippen molar-refractivity contribution in [2.45, 2.75) is 108 Å². The third kappa shape index (κ3) is 6.85. The Morgan fingerprint density at radius 1 is 1.11 bits per heavy atom. The zero-order valence-electron chi connectivity index (χ0n) is 31.3. The number of carbonyl (C=O) groups excluding carboxylic acids is 2. The van der Waals surface area contributed by atoms with Crippen LogP contribution in [0, 0.1) is 23.2 Å². The largest absolute Gasteiger partial charge is 0.481 e. The lowest BCUT2D eigenvalue weighted by molar-refractivity contribution is -0.199. The molecule has 3 unspecified atom stereocenters. The third-order valence-corrected chi connectivity index (χ3v) is 13.3. The highest BCUT2D eigenvalue weighted by Gasteiger charge is 2.68. The van der Waals surface area contributed by atoms with E-state index in [0.29, 0.717) is 29.5 Å². The summed E-state index contributed by atoms with van der Waals surface area (Å²) in [5, 5.41) is 9.04. The summed E-state index contributed by atoms with van der Waals surface area (Å²) in [6.45, 7) is 10.3. The summed E-state index contributed by atoms with van der Waals surface area (Å²) in [7, 11) is -0.669. The molecule has 10 nitrogen and oxygen atoms in total. The van der Waals surface area contributed by atoms with Crippen LogP contribution in [0.25, 0.3) is 0 Å². The van der Waals surface area contributed by atoms with Crippen molar-refractivity contribution in [1.29, 1.82) is 0 Å². The van der Waals surface area contributed by atoms with E-state index in [0.717, 1.165) is 29.9 Å². The van der Waals surface area contributed by atoms with E-state index in [2.05, 4.69) is 41.7 Å². The first-order valence-corrected chi connectivity index (χ1v) is 19.9. The Hall–Kier alpha value is -3.82. The normalized spacial score (nSPS) is 27.6. The van der Waals surface area contributed by atoms with Gasteiger partial charge in [-0.3, -0.25) is 19.0 Å². The maximum Gasteiger partial charge on any atom is 0.481 e. The van der Waals surface area contributed by atoms with Crippen LogP contribution in [0.5, 0.6) is 0 Å². The van der Waals surface area contributed by atoms with Gasteiger partial charge in [-0.25, -0.2) is 4.98 Å². The van der Waals surface area contributed by atoms with E-state index in [9.17, 15) is 27.6 Å². The molecule has 3 saturated carbocycles. The van der Waals surface area contributed by atoms with Gasteiger partial charge in [0, 0.05) is 29.0 Å². The predicted molar refractivity (Wildman–Crippen MR) is 202 cm³/mol. The Kier molecular flexibility index (Phi) is 10.2. The fourth-order valence-corrected chi connectivity index (χ4v) is 9.65. The Bertz CT molecular complexity index is 2000. The number of nitrogens with one attached hydrogen (secondary N) is 3. The molecule has 1 saturated heterocycles. The van der Waals surface area contributed by atoms with Crippen molar-refractivity contribution in [3.63, 3.8) is 0 Å². The first-order chi connectivity index (χ1) is 25.5. The Labute approximate surface area is 317 Å². The molecule has 3 heterocycles. The molecule has 2 aromatic carbocycles. The average molecular weight is 766 g/mol. The maximum atomic E-state index is 14.3. The van der Waals surface area contributed by atoms with Crippen molar-refractivity contribution >= 4 is 42.1 Å². The summed E-state index contributed by atoms with van der Waals surface area (Å²) in [5.74, 6) is -1.30. The lowest BCUT2D eigenvalue weighted by Gasteiger charge is -2.64. The van der Waals surface area contributed by atoms with Crippen LogP contribution in [0.1, 0.15) is 89.2 Å². The van der Waals surface area contributed by atoms with Gasteiger partial charge in [0.25, 0.3) is 5.56 Å². The molecule has 8 rings (SSSR count). The number of rotatable bonds is 11. The van der Waals surface area contributed by atoms with Crippen molar-refractivity contribution in [2.24, 2.45) is 23.2 Å². The highest BCUT2D eigenvalue weighted by Crippen LogP contribution is 2.65. The summed E-state index contributed by atoms with van der Waals surface area (Å²) in [6.07, 6.45) is 1.32. The quantitative estimate of drug-likeness (QED) is 0.140. The van der Waals surface area contributed by atoms with Crippen molar-refractivity contribution in [2.75, 3.05) is 16.9 Å². The Morgan fingerprint density at radius 3 is 2.57 bits per heavy atom. The van der Waals surface area contributed by atoms with E-state index in [4.69, 9.17) is 9.31 Å². The summed E-state index contributed by atoms with van der Waals surface area (Å²) >= 11 is 1.55. The van der Waals surface area contributed by atoms with Gasteiger partial charge < -0.3 is 25.3 Å². The second-order valence-electron chi connectivity index (χ2n) is 16.0. The first-order valence-electron chi connectivity index (χ1n) is 18.6. The molecule has 288 valence electrons. The third-order valence-electron chi connectivity index (χ3n) is 12.6. The zero-order chi connectivity index (χ0) is 38.7. The molecular weight excluding hydrogens is 718 g/mol. The number of hydrogen-bond acceptors (Lipinski definition) is 8. The second-order valence-corrected chi connectivity index (χ2v) is 16.9. The van der Waals surface area contributed by atoms with Gasteiger partial charge in [0.1, 0.15) is 17.6 Å². The minimum absolute atomic E-state index is 0.0219. The van der Waals surface area contributed by atoms with Crippen molar-refractivity contribution < 1.29 is 32.1 Å². The number of nitrogens with zero attached hydrogens (tertiary/aromatic N) is 2. The van der Waals surface area contributed by atoms with Gasteiger partial charge in [-0.05, 0) is 92.0 Å². The maximum absolute atomic E-state index is 14.3. The smallest absolute Gasteiger partial charge is 0.404 e. The van der Waals surface area contributed by atoms with Gasteiger partial charge in [0.05, 0.1) is 29.4 Å². The number of thioether (sulfide) groups is 1. The van der Waals surface area contributed by atoms with Crippen LogP contribution in [0.2, 0.25) is 0 Å². The van der Waals surface area contributed by atoms with Crippen LogP contribution in [0.3, 0.4) is 0 Å². The van der Waals surface area contributed by atoms with Gasteiger partial charge in [0.15, 0.2) is 0 Å². The topological polar surface area (TPSA) is 124 Å². The molecule has 2 amide bonds. The number of alkyl halides is 3. The van der Waals surface area contributed by atoms with Crippen LogP contribution >= 0.6 is 11.8 Å². The van der Waals surface area contributed by atoms with Gasteiger partial charge in [-0.1, -0.05) is 45.9 Å². The van der Waals surface area contributed by atoms with E-state index in [-0.39, 0.29) is 41.9 Å². The zero-order valence-corrected chi connectivity index (χ0v) is 32.1. The second kappa shape index (κ2) is 14.4. The molecule has 54 heavy (non-hydrogen) atoms. The van der Waals surface area contributed by atoms with E-state index in [1.54, 1.807) is 24.8 Å². The molecule has 8 atom stereocenters. The molecule has 2 bridgehead atoms. The number of hydrogen-bond donors (Lipinski definition) is 3. The van der Waals surface area contributed by atoms with E-state index in [1.807, 2.05) is 31.4 Å². The Balaban J connectivity index is 1.14. The van der Waals surface area contributed by atoms with Crippen molar-refractivity contribution in [3.05, 3.63) is 82.0 Å². The van der Waals surface area contributed by atoms with Gasteiger partial charge in [0.2, 0.25) is 11.8 Å². The standard InChI is InChI=1S/C39H47BF3N5O5S/c1-7-32(40-52-31-16-24-15-30(37(24,3)4)38(31,5)53-40)47-35(50)29-18-27(21(2)34(49)46-25-12-9-13-26(17-25)54-6)33-45-20-28(36(51)48(29)33)44-19-22-10-8-11-23(14-22)39(41,42)43/h8-14,17,20-21,24,27,29-32,44H,7,15-16,18-19H2,1-6H3,(H,46,49)(H,47,50)/t21?,24-,27?,29?,30-,31+,32+,38-/m0/s1. The number of halogens is 3. The number of aromatic nitrogens is 2. The number of benzene rings is 2. The van der Waals surface area contributed by atoms with Crippen LogP contribution in [0.4, 0.5) is 24.5 Å². The van der Waals surface area contributed by atoms with Crippen LogP contribution in [-0.4, -0.2) is 52.4 Å². The molecule has 15 heteroatoms. The van der Waals surface area contributed by atoms with Crippen LogP contribution < -0.4 is 21.5 Å². The monoisotopic (exact) mass is 765 g/mol. The molecule has 0 radical (unpaired) electrons. The number of amides is 2. The predicted octanol–water partition coefficient (Wildman–Crippen LogP) is 7.06. The van der Waals surface area contributed by atoms with Gasteiger partial charge in [-0.15, -0.1) is 11.8 Å². The van der Waals surface area contributed by atoms with E-state index in [1.165, 1.54) is 22.9 Å². The fraction of sp³-hybridized carbons (Fsp3) is 0.538. The summed E-state index contributed by atoms with van der Waals surface area (Å²) in [5.41, 5.74) is -0.708. The van der Waals surface area contributed by atoms with E-state index < -0.39 is 59.7 Å². The lowest BCUT2D eigenvalue weighted by atomic mass is 9.43. The average Bonchev–Trinajstić information content (AvgIpc) is 3.71. The molecule has 4 fully saturated rings. The number of anilines is 2. The minimum Gasteiger partial charge on any atom is -0.404 e. The highest BCUT2D eigenvalue weighted by atomic mass is 32.2. The summed E-state index contributed by atoms with van der Waals surface area (Å²) in [6, 6.07) is 11.3. The minimum atomic E-state index is -4.52. The molecule has 5 aliphatic rings. The van der Waals surface area contributed by atoms with Crippen LogP contribution in [0.15, 0.2) is 64.4 Å². The summed E-state index contributed by atoms with van der Waals surface area (Å²) < 4.78 is 54.6. The van der Waals surface area contributed by atoms with Crippen LogP contribution in [-0.2, 0) is 31.6 Å². The molecular formula is C39H47BF3N5O5S. The van der Waals surface area contributed by atoms with Crippen molar-refractivity contribution in [3.8, 4) is 0 Å². The molecule has 3 aromatic rings. The van der Waals surface area contributed by atoms with Gasteiger partial charge in [-0.2, -0.15) is 13.2 Å². The fourth-order valence-electron chi connectivity index (χ4n) is 9.19. The van der Waals surface area contributed by atoms with Gasteiger partial charge >= 0.3 is 13.3 Å². The number of fused-ring (bicyclic) bond motifs is 1. The SMILES string of the molecule is CC[C@@H](NC(=O)C1CC(C(C)C(=O)Nc2cccc(SC)c2)c2ncc(NCc3cccc(C(F)(F)F)c3)c(=O)n21)B1O[C@@H]2C[C@@H]3C[C@@H](C3(C)C)[C@]2(C)O1. The Morgan fingerprint density at radius 2 is 1.87 bits per heavy atom. The van der Waals surface area contributed by atoms with E-state index >= 15 is 0 Å². The lowest BCUT2D eigenvalue weighted by Crippen LogP contribution is -2.65. The molecule has 3 N–H and O–H groups in total. The summed E-state index contributed by atoms with van der Waals surface area (Å²) in [4.78, 5) is 47.8. The molecule has 3 aliphatic carbocycles. The molecule has 0 spiro atoms. The molecule has 2 aliphatic heterocycles. The first kappa shape index (κ1) is 38.5. The highest BCUT2D eigenvalue weighted by molar-refractivity contribution is 7.98.